The first kappa shape index (κ1) is 14.7. The molecule has 4 nitrogen and oxygen atoms in total. The maximum atomic E-state index is 12.8. The molecule has 2 atom stereocenters. The predicted molar refractivity (Wildman–Crippen MR) is 86.1 cm³/mol. The Bertz CT molecular complexity index is 664. The quantitative estimate of drug-likeness (QED) is 0.898. The molecule has 2 fully saturated rings. The van der Waals surface area contributed by atoms with Gasteiger partial charge in [0, 0.05) is 11.3 Å². The third-order valence-corrected chi connectivity index (χ3v) is 6.20. The number of aliphatic carboxylic acids is 1. The molecule has 0 heterocycles. The monoisotopic (exact) mass is 313 g/mol. The number of fused-ring (bicyclic) bond motifs is 2. The first-order valence-electron chi connectivity index (χ1n) is 8.67. The Morgan fingerprint density at radius 1 is 1.17 bits per heavy atom. The first-order valence-corrected chi connectivity index (χ1v) is 8.67. The highest BCUT2D eigenvalue weighted by Crippen LogP contribution is 2.60. The second-order valence-electron chi connectivity index (χ2n) is 7.62. The van der Waals surface area contributed by atoms with E-state index in [1.165, 1.54) is 11.1 Å². The molecule has 0 saturated heterocycles. The molecule has 0 aliphatic heterocycles. The van der Waals surface area contributed by atoms with Gasteiger partial charge in [-0.2, -0.15) is 0 Å². The standard InChI is InChI=1S/C19H23NO3/c21-16(22)12-18(8-4-9-18)20-17(23)15-11-19(15)10-3-6-13-5-1-2-7-14(13)19/h1-2,5,7,15H,3-4,6,8-12H2,(H,20,23)(H,21,22). The molecule has 3 aliphatic rings. The van der Waals surface area contributed by atoms with Gasteiger partial charge in [0.05, 0.1) is 12.0 Å². The zero-order chi connectivity index (χ0) is 16.1. The van der Waals surface area contributed by atoms with Crippen molar-refractivity contribution < 1.29 is 14.7 Å². The van der Waals surface area contributed by atoms with Crippen molar-refractivity contribution in [3.63, 3.8) is 0 Å². The minimum absolute atomic E-state index is 0.0209. The summed E-state index contributed by atoms with van der Waals surface area (Å²) in [6, 6.07) is 8.50. The van der Waals surface area contributed by atoms with Crippen molar-refractivity contribution in [1.82, 2.24) is 5.32 Å². The van der Waals surface area contributed by atoms with E-state index in [4.69, 9.17) is 5.11 Å². The summed E-state index contributed by atoms with van der Waals surface area (Å²) < 4.78 is 0. The Kier molecular flexibility index (Phi) is 3.26. The average molecular weight is 313 g/mol. The van der Waals surface area contributed by atoms with Gasteiger partial charge in [-0.3, -0.25) is 9.59 Å². The van der Waals surface area contributed by atoms with Crippen LogP contribution >= 0.6 is 0 Å². The van der Waals surface area contributed by atoms with Gasteiger partial charge in [-0.05, 0) is 56.1 Å². The van der Waals surface area contributed by atoms with Crippen molar-refractivity contribution in [3.05, 3.63) is 35.4 Å². The van der Waals surface area contributed by atoms with Crippen molar-refractivity contribution in [1.29, 1.82) is 0 Å². The molecule has 1 spiro atoms. The van der Waals surface area contributed by atoms with Crippen LogP contribution in [0.4, 0.5) is 0 Å². The molecule has 4 rings (SSSR count). The Morgan fingerprint density at radius 3 is 2.65 bits per heavy atom. The van der Waals surface area contributed by atoms with Crippen molar-refractivity contribution in [2.75, 3.05) is 0 Å². The number of rotatable bonds is 4. The highest BCUT2D eigenvalue weighted by molar-refractivity contribution is 5.86. The zero-order valence-corrected chi connectivity index (χ0v) is 13.3. The number of hydrogen-bond donors (Lipinski definition) is 2. The normalized spacial score (nSPS) is 30.2. The molecular formula is C19H23NO3. The van der Waals surface area contributed by atoms with Crippen LogP contribution in [0.3, 0.4) is 0 Å². The van der Waals surface area contributed by atoms with Gasteiger partial charge in [0.2, 0.25) is 5.91 Å². The van der Waals surface area contributed by atoms with Crippen LogP contribution in [0.2, 0.25) is 0 Å². The van der Waals surface area contributed by atoms with Crippen LogP contribution in [0.5, 0.6) is 0 Å². The number of benzene rings is 1. The number of carbonyl (C=O) groups excluding carboxylic acids is 1. The van der Waals surface area contributed by atoms with E-state index in [0.717, 1.165) is 44.9 Å². The van der Waals surface area contributed by atoms with Gasteiger partial charge in [0.25, 0.3) is 0 Å². The molecule has 0 radical (unpaired) electrons. The van der Waals surface area contributed by atoms with E-state index >= 15 is 0 Å². The van der Waals surface area contributed by atoms with Crippen LogP contribution < -0.4 is 5.32 Å². The summed E-state index contributed by atoms with van der Waals surface area (Å²) in [5, 5.41) is 12.2. The fourth-order valence-corrected chi connectivity index (χ4v) is 4.76. The Morgan fingerprint density at radius 2 is 1.96 bits per heavy atom. The lowest BCUT2D eigenvalue weighted by Gasteiger charge is -2.41. The van der Waals surface area contributed by atoms with E-state index in [-0.39, 0.29) is 23.7 Å². The molecule has 2 N–H and O–H groups in total. The van der Waals surface area contributed by atoms with E-state index < -0.39 is 11.5 Å². The van der Waals surface area contributed by atoms with Crippen molar-refractivity contribution in [3.8, 4) is 0 Å². The lowest BCUT2D eigenvalue weighted by atomic mass is 9.74. The topological polar surface area (TPSA) is 66.4 Å². The van der Waals surface area contributed by atoms with E-state index in [0.29, 0.717) is 0 Å². The van der Waals surface area contributed by atoms with Gasteiger partial charge in [0.15, 0.2) is 0 Å². The van der Waals surface area contributed by atoms with Crippen LogP contribution in [0.15, 0.2) is 24.3 Å². The van der Waals surface area contributed by atoms with E-state index in [1.54, 1.807) is 0 Å². The summed E-state index contributed by atoms with van der Waals surface area (Å²) in [6.45, 7) is 0. The summed E-state index contributed by atoms with van der Waals surface area (Å²) in [4.78, 5) is 23.9. The number of amides is 1. The molecule has 1 aromatic carbocycles. The molecule has 4 heteroatoms. The second kappa shape index (κ2) is 5.08. The van der Waals surface area contributed by atoms with Crippen LogP contribution in [-0.4, -0.2) is 22.5 Å². The van der Waals surface area contributed by atoms with Crippen LogP contribution in [0, 0.1) is 5.92 Å². The van der Waals surface area contributed by atoms with Crippen molar-refractivity contribution >= 4 is 11.9 Å². The molecule has 1 amide bonds. The zero-order valence-electron chi connectivity index (χ0n) is 13.3. The van der Waals surface area contributed by atoms with Crippen LogP contribution in [0.1, 0.15) is 56.1 Å². The first-order chi connectivity index (χ1) is 11.0. The summed E-state index contributed by atoms with van der Waals surface area (Å²) >= 11 is 0. The minimum Gasteiger partial charge on any atom is -0.481 e. The fraction of sp³-hybridized carbons (Fsp3) is 0.579. The number of hydrogen-bond acceptors (Lipinski definition) is 2. The van der Waals surface area contributed by atoms with E-state index in [2.05, 4.69) is 29.6 Å². The number of carboxylic acid groups (broad SMARTS) is 1. The molecule has 2 saturated carbocycles. The largest absolute Gasteiger partial charge is 0.481 e. The van der Waals surface area contributed by atoms with E-state index in [1.807, 2.05) is 0 Å². The van der Waals surface area contributed by atoms with Gasteiger partial charge in [0.1, 0.15) is 0 Å². The van der Waals surface area contributed by atoms with Gasteiger partial charge in [-0.25, -0.2) is 0 Å². The SMILES string of the molecule is O=C(O)CC1(NC(=O)C2CC23CCCc2ccccc23)CCC1. The highest BCUT2D eigenvalue weighted by Gasteiger charge is 2.61. The van der Waals surface area contributed by atoms with Gasteiger partial charge < -0.3 is 10.4 Å². The van der Waals surface area contributed by atoms with E-state index in [9.17, 15) is 9.59 Å². The number of carbonyl (C=O) groups is 2. The molecule has 0 aromatic heterocycles. The lowest BCUT2D eigenvalue weighted by molar-refractivity contribution is -0.140. The highest BCUT2D eigenvalue weighted by atomic mass is 16.4. The van der Waals surface area contributed by atoms with Gasteiger partial charge in [-0.15, -0.1) is 0 Å². The van der Waals surface area contributed by atoms with Crippen molar-refractivity contribution in [2.45, 2.75) is 62.3 Å². The molecule has 1 aromatic rings. The Hall–Kier alpha value is -1.84. The molecule has 122 valence electrons. The summed E-state index contributed by atoms with van der Waals surface area (Å²) in [6.07, 6.45) is 6.88. The van der Waals surface area contributed by atoms with Crippen molar-refractivity contribution in [2.24, 2.45) is 5.92 Å². The lowest BCUT2D eigenvalue weighted by Crippen LogP contribution is -2.55. The maximum Gasteiger partial charge on any atom is 0.305 e. The number of nitrogens with one attached hydrogen (secondary N) is 1. The number of aryl methyl sites for hydroxylation is 1. The minimum atomic E-state index is -0.821. The van der Waals surface area contributed by atoms with Crippen LogP contribution in [0.25, 0.3) is 0 Å². The molecule has 2 unspecified atom stereocenters. The van der Waals surface area contributed by atoms with Gasteiger partial charge >= 0.3 is 5.97 Å². The molecule has 3 aliphatic carbocycles. The summed E-state index contributed by atoms with van der Waals surface area (Å²) in [5.41, 5.74) is 2.28. The smallest absolute Gasteiger partial charge is 0.305 e. The Labute approximate surface area is 136 Å². The predicted octanol–water partition coefficient (Wildman–Crippen LogP) is 2.79. The fourth-order valence-electron chi connectivity index (χ4n) is 4.76. The average Bonchev–Trinajstić information content (AvgIpc) is 3.20. The molecular weight excluding hydrogens is 290 g/mol. The third kappa shape index (κ3) is 2.35. The van der Waals surface area contributed by atoms with Gasteiger partial charge in [-0.1, -0.05) is 24.3 Å². The maximum absolute atomic E-state index is 12.8. The Balaban J connectivity index is 1.51. The second-order valence-corrected chi connectivity index (χ2v) is 7.62. The summed E-state index contributed by atoms with van der Waals surface area (Å²) in [7, 11) is 0. The third-order valence-electron chi connectivity index (χ3n) is 6.20. The molecule has 0 bridgehead atoms. The number of carboxylic acids is 1. The van der Waals surface area contributed by atoms with Crippen LogP contribution in [-0.2, 0) is 21.4 Å². The summed E-state index contributed by atoms with van der Waals surface area (Å²) in [5.74, 6) is -0.726. The molecule has 23 heavy (non-hydrogen) atoms.